The van der Waals surface area contributed by atoms with E-state index in [1.807, 2.05) is 60.7 Å². The smallest absolute Gasteiger partial charge is 0.324 e. The molecule has 0 aliphatic rings. The molecule has 0 aromatic heterocycles. The van der Waals surface area contributed by atoms with Gasteiger partial charge in [-0.25, -0.2) is 4.57 Å². The van der Waals surface area contributed by atoms with Gasteiger partial charge in [0.05, 0.1) is 0 Å². The summed E-state index contributed by atoms with van der Waals surface area (Å²) in [6.07, 6.45) is 0. The Labute approximate surface area is 113 Å². The van der Waals surface area contributed by atoms with E-state index in [2.05, 4.69) is 0 Å². The lowest BCUT2D eigenvalue weighted by molar-refractivity contribution is 0.412. The van der Waals surface area contributed by atoms with Crippen molar-refractivity contribution in [3.63, 3.8) is 0 Å². The van der Waals surface area contributed by atoms with Gasteiger partial charge in [-0.15, -0.1) is 0 Å². The third kappa shape index (κ3) is 4.09. The molecular weight excluding hydrogens is 282 g/mol. The SMILES string of the molecule is COP(=O)(c1ccccc1)c1ccccc1.O=PO. The molecule has 0 bridgehead atoms. The third-order valence-electron chi connectivity index (χ3n) is 2.45. The van der Waals surface area contributed by atoms with Crippen LogP contribution in [0.5, 0.6) is 0 Å². The molecule has 0 fully saturated rings. The second-order valence-corrected chi connectivity index (χ2v) is 6.15. The maximum Gasteiger partial charge on any atom is 0.324 e. The maximum absolute atomic E-state index is 12.8. The molecule has 0 saturated carbocycles. The van der Waals surface area contributed by atoms with E-state index in [0.717, 1.165) is 10.6 Å². The van der Waals surface area contributed by atoms with Crippen LogP contribution in [0.25, 0.3) is 0 Å². The van der Waals surface area contributed by atoms with Crippen molar-refractivity contribution in [2.24, 2.45) is 0 Å². The van der Waals surface area contributed by atoms with Crippen LogP contribution in [-0.2, 0) is 13.7 Å². The fourth-order valence-electron chi connectivity index (χ4n) is 1.61. The zero-order chi connectivity index (χ0) is 14.1. The Hall–Kier alpha value is -1.31. The highest BCUT2D eigenvalue weighted by molar-refractivity contribution is 7.74. The van der Waals surface area contributed by atoms with Crippen LogP contribution in [0.3, 0.4) is 0 Å². The summed E-state index contributed by atoms with van der Waals surface area (Å²) in [7, 11) is -2.25. The molecule has 100 valence electrons. The lowest BCUT2D eigenvalue weighted by Gasteiger charge is -2.16. The van der Waals surface area contributed by atoms with Gasteiger partial charge in [0, 0.05) is 17.7 Å². The van der Waals surface area contributed by atoms with Crippen molar-refractivity contribution in [2.75, 3.05) is 7.11 Å². The minimum Gasteiger partial charge on any atom is -0.325 e. The van der Waals surface area contributed by atoms with Gasteiger partial charge in [-0.05, 0) is 24.3 Å². The summed E-state index contributed by atoms with van der Waals surface area (Å²) in [6.45, 7) is 0. The fourth-order valence-corrected chi connectivity index (χ4v) is 3.46. The molecule has 0 saturated heterocycles. The zero-order valence-electron chi connectivity index (χ0n) is 10.3. The highest BCUT2D eigenvalue weighted by Crippen LogP contribution is 2.43. The van der Waals surface area contributed by atoms with E-state index < -0.39 is 16.1 Å². The van der Waals surface area contributed by atoms with E-state index in [1.165, 1.54) is 7.11 Å². The van der Waals surface area contributed by atoms with Gasteiger partial charge in [-0.2, -0.15) is 0 Å². The average molecular weight is 296 g/mol. The Morgan fingerprint density at radius 1 is 0.947 bits per heavy atom. The standard InChI is InChI=1S/C13H13O2P.HO2P/c1-15-16(14,12-8-4-2-5-9-12)13-10-6-3-7-11-13;1-3-2/h2-11H,1H3;(H,1,2). The average Bonchev–Trinajstić information content (AvgIpc) is 2.49. The van der Waals surface area contributed by atoms with E-state index in [1.54, 1.807) is 0 Å². The summed E-state index contributed by atoms with van der Waals surface area (Å²) in [5, 5.41) is 1.45. The lowest BCUT2D eigenvalue weighted by Crippen LogP contribution is -2.16. The quantitative estimate of drug-likeness (QED) is 0.885. The van der Waals surface area contributed by atoms with Crippen LogP contribution >= 0.6 is 16.1 Å². The second kappa shape index (κ2) is 7.98. The number of hydrogen-bond donors (Lipinski definition) is 1. The van der Waals surface area contributed by atoms with Gasteiger partial charge >= 0.3 is 8.69 Å². The van der Waals surface area contributed by atoms with Gasteiger partial charge in [0.25, 0.3) is 7.37 Å². The van der Waals surface area contributed by atoms with Crippen molar-refractivity contribution < 1.29 is 18.5 Å². The molecule has 0 atom stereocenters. The predicted octanol–water partition coefficient (Wildman–Crippen LogP) is 2.75. The molecule has 0 radical (unpaired) electrons. The number of hydrogen-bond acceptors (Lipinski definition) is 3. The largest absolute Gasteiger partial charge is 0.325 e. The van der Waals surface area contributed by atoms with Gasteiger partial charge in [0.15, 0.2) is 0 Å². The zero-order valence-corrected chi connectivity index (χ0v) is 12.1. The minimum atomic E-state index is -2.90. The molecule has 2 aromatic carbocycles. The number of rotatable bonds is 3. The first kappa shape index (κ1) is 15.7. The van der Waals surface area contributed by atoms with E-state index >= 15 is 0 Å². The molecule has 2 rings (SSSR count). The van der Waals surface area contributed by atoms with E-state index in [0.29, 0.717) is 0 Å². The highest BCUT2D eigenvalue weighted by Gasteiger charge is 2.26. The Balaban J connectivity index is 0.000000550. The Morgan fingerprint density at radius 3 is 1.53 bits per heavy atom. The van der Waals surface area contributed by atoms with Crippen molar-refractivity contribution in [1.29, 1.82) is 0 Å². The first-order valence-corrected chi connectivity index (χ1v) is 7.81. The van der Waals surface area contributed by atoms with Crippen LogP contribution in [0.4, 0.5) is 0 Å². The van der Waals surface area contributed by atoms with Crippen molar-refractivity contribution >= 4 is 26.7 Å². The van der Waals surface area contributed by atoms with Crippen LogP contribution in [0, 0.1) is 0 Å². The molecule has 0 amide bonds. The molecule has 19 heavy (non-hydrogen) atoms. The summed E-state index contributed by atoms with van der Waals surface area (Å²) >= 11 is 0. The molecule has 1 N–H and O–H groups in total. The molecule has 0 aliphatic carbocycles. The maximum atomic E-state index is 12.8. The minimum absolute atomic E-state index is 0.726. The van der Waals surface area contributed by atoms with E-state index in [-0.39, 0.29) is 0 Å². The summed E-state index contributed by atoms with van der Waals surface area (Å²) in [5.74, 6) is 0. The van der Waals surface area contributed by atoms with Gasteiger partial charge in [-0.1, -0.05) is 36.4 Å². The van der Waals surface area contributed by atoms with Crippen LogP contribution < -0.4 is 10.6 Å². The van der Waals surface area contributed by atoms with Crippen LogP contribution in [0.2, 0.25) is 0 Å². The van der Waals surface area contributed by atoms with E-state index in [9.17, 15) is 4.57 Å². The molecule has 2 aromatic rings. The fraction of sp³-hybridized carbons (Fsp3) is 0.0769. The topological polar surface area (TPSA) is 63.6 Å². The molecule has 0 heterocycles. The van der Waals surface area contributed by atoms with Crippen LogP contribution in [0.1, 0.15) is 0 Å². The summed E-state index contributed by atoms with van der Waals surface area (Å²) < 4.78 is 26.5. The molecule has 0 unspecified atom stereocenters. The first-order valence-electron chi connectivity index (χ1n) is 5.42. The summed E-state index contributed by atoms with van der Waals surface area (Å²) in [6, 6.07) is 18.6. The molecule has 4 nitrogen and oxygen atoms in total. The third-order valence-corrected chi connectivity index (χ3v) is 4.92. The Kier molecular flexibility index (Phi) is 6.61. The summed E-state index contributed by atoms with van der Waals surface area (Å²) in [4.78, 5) is 6.99. The second-order valence-electron chi connectivity index (χ2n) is 3.49. The molecule has 6 heteroatoms. The van der Waals surface area contributed by atoms with Gasteiger partial charge in [0.2, 0.25) is 0 Å². The van der Waals surface area contributed by atoms with Crippen molar-refractivity contribution in [3.05, 3.63) is 60.7 Å². The van der Waals surface area contributed by atoms with Crippen LogP contribution in [-0.4, -0.2) is 12.0 Å². The van der Waals surface area contributed by atoms with Crippen LogP contribution in [0.15, 0.2) is 60.7 Å². The number of benzene rings is 2. The predicted molar refractivity (Wildman–Crippen MR) is 76.6 cm³/mol. The highest BCUT2D eigenvalue weighted by atomic mass is 31.2. The van der Waals surface area contributed by atoms with Gasteiger partial charge < -0.3 is 9.42 Å². The normalized spacial score (nSPS) is 10.6. The van der Waals surface area contributed by atoms with Crippen molar-refractivity contribution in [1.82, 2.24) is 0 Å². The molecule has 0 aliphatic heterocycles. The first-order chi connectivity index (χ1) is 9.19. The van der Waals surface area contributed by atoms with Crippen molar-refractivity contribution in [3.8, 4) is 0 Å². The summed E-state index contributed by atoms with van der Waals surface area (Å²) in [5.41, 5.74) is 0. The molecule has 0 spiro atoms. The lowest BCUT2D eigenvalue weighted by atomic mass is 10.4. The van der Waals surface area contributed by atoms with E-state index in [4.69, 9.17) is 14.0 Å². The Bertz CT molecular complexity index is 500. The monoisotopic (exact) mass is 296 g/mol. The van der Waals surface area contributed by atoms with Gasteiger partial charge in [-0.3, -0.25) is 4.57 Å². The Morgan fingerprint density at radius 2 is 1.26 bits per heavy atom. The molecular formula is C13H14O4P2. The van der Waals surface area contributed by atoms with Crippen molar-refractivity contribution in [2.45, 2.75) is 0 Å². The van der Waals surface area contributed by atoms with Gasteiger partial charge in [0.1, 0.15) is 0 Å².